The zero-order chi connectivity index (χ0) is 31.0. The number of halogens is 2. The van der Waals surface area contributed by atoms with Crippen molar-refractivity contribution in [1.82, 2.24) is 10.2 Å². The molecule has 0 saturated carbocycles. The largest absolute Gasteiger partial charge is 0.497 e. The molecular formula is C32H31ClFN3O5S. The molecule has 4 aromatic rings. The lowest BCUT2D eigenvalue weighted by Gasteiger charge is -2.33. The summed E-state index contributed by atoms with van der Waals surface area (Å²) in [6.07, 6.45) is 0.166. The minimum atomic E-state index is -4.27. The SMILES string of the molecule is CNC(=O)[C@H](Cc1ccccc1)N(Cc1ccc(F)cc1)C(=O)CN(c1ccc(Cl)cc1)S(=O)(=O)c1ccc(OC)cc1. The van der Waals surface area contributed by atoms with Gasteiger partial charge >= 0.3 is 0 Å². The number of nitrogens with zero attached hydrogens (tertiary/aromatic N) is 2. The predicted molar refractivity (Wildman–Crippen MR) is 164 cm³/mol. The molecule has 1 atom stereocenters. The molecule has 0 bridgehead atoms. The zero-order valence-electron chi connectivity index (χ0n) is 23.6. The van der Waals surface area contributed by atoms with Crippen molar-refractivity contribution in [3.05, 3.63) is 125 Å². The monoisotopic (exact) mass is 623 g/mol. The molecule has 0 spiro atoms. The number of carbonyl (C=O) groups excluding carboxylic acids is 2. The molecule has 43 heavy (non-hydrogen) atoms. The number of ether oxygens (including phenoxy) is 1. The van der Waals surface area contributed by atoms with Crippen LogP contribution in [0.2, 0.25) is 5.02 Å². The number of carbonyl (C=O) groups is 2. The second kappa shape index (κ2) is 14.2. The highest BCUT2D eigenvalue weighted by molar-refractivity contribution is 7.92. The van der Waals surface area contributed by atoms with Crippen LogP contribution in [0, 0.1) is 5.82 Å². The molecule has 0 saturated heterocycles. The maximum Gasteiger partial charge on any atom is 0.264 e. The first-order chi connectivity index (χ1) is 20.6. The number of sulfonamides is 1. The average molecular weight is 624 g/mol. The van der Waals surface area contributed by atoms with E-state index in [0.717, 1.165) is 9.87 Å². The molecule has 0 aliphatic heterocycles. The molecule has 2 amide bonds. The van der Waals surface area contributed by atoms with Gasteiger partial charge in [0.1, 0.15) is 24.2 Å². The Morgan fingerprint density at radius 3 is 2.09 bits per heavy atom. The number of methoxy groups -OCH3 is 1. The molecule has 0 radical (unpaired) electrons. The molecule has 0 aliphatic rings. The Balaban J connectivity index is 1.77. The summed E-state index contributed by atoms with van der Waals surface area (Å²) in [4.78, 5) is 28.7. The lowest BCUT2D eigenvalue weighted by atomic mass is 10.0. The quantitative estimate of drug-likeness (QED) is 0.238. The first-order valence-electron chi connectivity index (χ1n) is 13.3. The van der Waals surface area contributed by atoms with Crippen LogP contribution in [0.3, 0.4) is 0 Å². The Hall–Kier alpha value is -4.41. The van der Waals surface area contributed by atoms with Crippen LogP contribution in [0.5, 0.6) is 5.75 Å². The molecule has 0 fully saturated rings. The summed E-state index contributed by atoms with van der Waals surface area (Å²) in [7, 11) is -1.34. The number of benzene rings is 4. The molecule has 4 rings (SSSR count). The van der Waals surface area contributed by atoms with E-state index in [1.165, 1.54) is 91.9 Å². The fraction of sp³-hybridized carbons (Fsp3) is 0.188. The van der Waals surface area contributed by atoms with Crippen LogP contribution in [0.1, 0.15) is 11.1 Å². The zero-order valence-corrected chi connectivity index (χ0v) is 25.2. The molecule has 0 aliphatic carbocycles. The molecule has 4 aromatic carbocycles. The number of amides is 2. The van der Waals surface area contributed by atoms with E-state index in [1.807, 2.05) is 30.3 Å². The van der Waals surface area contributed by atoms with Crippen LogP contribution in [0.4, 0.5) is 10.1 Å². The maximum atomic E-state index is 14.2. The highest BCUT2D eigenvalue weighted by atomic mass is 35.5. The Labute approximate surface area is 255 Å². The predicted octanol–water partition coefficient (Wildman–Crippen LogP) is 5.07. The van der Waals surface area contributed by atoms with Crippen LogP contribution in [0.15, 0.2) is 108 Å². The second-order valence-electron chi connectivity index (χ2n) is 9.63. The van der Waals surface area contributed by atoms with Gasteiger partial charge in [0.05, 0.1) is 17.7 Å². The van der Waals surface area contributed by atoms with Crippen molar-refractivity contribution in [1.29, 1.82) is 0 Å². The third-order valence-corrected chi connectivity index (χ3v) is 8.86. The molecule has 0 aromatic heterocycles. The number of anilines is 1. The van der Waals surface area contributed by atoms with Crippen molar-refractivity contribution in [3.8, 4) is 5.75 Å². The summed E-state index contributed by atoms with van der Waals surface area (Å²) in [5.41, 5.74) is 1.57. The van der Waals surface area contributed by atoms with Crippen LogP contribution >= 0.6 is 11.6 Å². The van der Waals surface area contributed by atoms with E-state index in [1.54, 1.807) is 0 Å². The van der Waals surface area contributed by atoms with Gasteiger partial charge in [-0.2, -0.15) is 0 Å². The summed E-state index contributed by atoms with van der Waals surface area (Å²) in [6, 6.07) is 25.6. The van der Waals surface area contributed by atoms with Gasteiger partial charge < -0.3 is 15.0 Å². The smallest absolute Gasteiger partial charge is 0.264 e. The van der Waals surface area contributed by atoms with E-state index < -0.39 is 40.2 Å². The van der Waals surface area contributed by atoms with Gasteiger partial charge in [-0.15, -0.1) is 0 Å². The van der Waals surface area contributed by atoms with Gasteiger partial charge in [-0.3, -0.25) is 13.9 Å². The lowest BCUT2D eigenvalue weighted by Crippen LogP contribution is -2.53. The highest BCUT2D eigenvalue weighted by Crippen LogP contribution is 2.27. The van der Waals surface area contributed by atoms with Gasteiger partial charge in [-0.05, 0) is 71.8 Å². The summed E-state index contributed by atoms with van der Waals surface area (Å²) in [5.74, 6) is -1.06. The van der Waals surface area contributed by atoms with E-state index in [-0.39, 0.29) is 23.5 Å². The summed E-state index contributed by atoms with van der Waals surface area (Å²) < 4.78 is 47.8. The number of hydrogen-bond acceptors (Lipinski definition) is 5. The van der Waals surface area contributed by atoms with E-state index in [2.05, 4.69) is 5.32 Å². The highest BCUT2D eigenvalue weighted by Gasteiger charge is 2.34. The lowest BCUT2D eigenvalue weighted by molar-refractivity contribution is -0.139. The van der Waals surface area contributed by atoms with Gasteiger partial charge in [0.2, 0.25) is 11.8 Å². The molecule has 0 heterocycles. The van der Waals surface area contributed by atoms with Crippen molar-refractivity contribution in [2.75, 3.05) is 25.0 Å². The van der Waals surface area contributed by atoms with E-state index >= 15 is 0 Å². The second-order valence-corrected chi connectivity index (χ2v) is 11.9. The van der Waals surface area contributed by atoms with Gasteiger partial charge in [0, 0.05) is 25.0 Å². The van der Waals surface area contributed by atoms with E-state index in [4.69, 9.17) is 16.3 Å². The molecular weight excluding hydrogens is 593 g/mol. The molecule has 224 valence electrons. The topological polar surface area (TPSA) is 96.0 Å². The van der Waals surface area contributed by atoms with Gasteiger partial charge in [-0.25, -0.2) is 12.8 Å². The van der Waals surface area contributed by atoms with Crippen LogP contribution in [-0.2, 0) is 32.6 Å². The summed E-state index contributed by atoms with van der Waals surface area (Å²) >= 11 is 6.08. The van der Waals surface area contributed by atoms with Gasteiger partial charge in [0.15, 0.2) is 0 Å². The Morgan fingerprint density at radius 1 is 0.884 bits per heavy atom. The van der Waals surface area contributed by atoms with Gasteiger partial charge in [0.25, 0.3) is 10.0 Å². The van der Waals surface area contributed by atoms with Crippen molar-refractivity contribution in [2.24, 2.45) is 0 Å². The van der Waals surface area contributed by atoms with E-state index in [0.29, 0.717) is 16.3 Å². The number of nitrogens with one attached hydrogen (secondary N) is 1. The maximum absolute atomic E-state index is 14.2. The van der Waals surface area contributed by atoms with E-state index in [9.17, 15) is 22.4 Å². The Kier molecular flexibility index (Phi) is 10.4. The fourth-order valence-electron chi connectivity index (χ4n) is 4.52. The molecule has 0 unspecified atom stereocenters. The van der Waals surface area contributed by atoms with Crippen LogP contribution in [-0.4, -0.2) is 51.9 Å². The number of likely N-dealkylation sites (N-methyl/N-ethyl adjacent to an activating group) is 1. The fourth-order valence-corrected chi connectivity index (χ4v) is 6.06. The Morgan fingerprint density at radius 2 is 1.51 bits per heavy atom. The molecule has 8 nitrogen and oxygen atoms in total. The van der Waals surface area contributed by atoms with Crippen molar-refractivity contribution in [2.45, 2.75) is 23.9 Å². The van der Waals surface area contributed by atoms with Crippen molar-refractivity contribution >= 4 is 39.1 Å². The first-order valence-corrected chi connectivity index (χ1v) is 15.2. The number of rotatable bonds is 12. The molecule has 1 N–H and O–H groups in total. The van der Waals surface area contributed by atoms with Crippen molar-refractivity contribution in [3.63, 3.8) is 0 Å². The van der Waals surface area contributed by atoms with Crippen LogP contribution in [0.25, 0.3) is 0 Å². The van der Waals surface area contributed by atoms with Crippen molar-refractivity contribution < 1.29 is 27.1 Å². The summed E-state index contributed by atoms with van der Waals surface area (Å²) in [6.45, 7) is -0.694. The number of hydrogen-bond donors (Lipinski definition) is 1. The standard InChI is InChI=1S/C32H31ClFN3O5S/c1-35-32(39)30(20-23-6-4-3-5-7-23)36(21-24-8-12-26(34)13-9-24)31(38)22-37(27-14-10-25(33)11-15-27)43(40,41)29-18-16-28(42-2)17-19-29/h3-19,30H,20-22H2,1-2H3,(H,35,39)/t30-/m0/s1. The third kappa shape index (κ3) is 7.91. The third-order valence-electron chi connectivity index (χ3n) is 6.82. The molecule has 11 heteroatoms. The van der Waals surface area contributed by atoms with Crippen LogP contribution < -0.4 is 14.4 Å². The average Bonchev–Trinajstić information content (AvgIpc) is 3.03. The minimum Gasteiger partial charge on any atom is -0.497 e. The normalized spacial score (nSPS) is 11.8. The Bertz CT molecular complexity index is 1640. The summed E-state index contributed by atoms with van der Waals surface area (Å²) in [5, 5.41) is 3.01. The minimum absolute atomic E-state index is 0.0618. The first kappa shape index (κ1) is 31.5. The van der Waals surface area contributed by atoms with Gasteiger partial charge in [-0.1, -0.05) is 54.1 Å².